The van der Waals surface area contributed by atoms with E-state index in [1.807, 2.05) is 0 Å². The molecule has 15 heavy (non-hydrogen) atoms. The molecule has 0 aliphatic carbocycles. The average Bonchev–Trinajstić information content (AvgIpc) is 2.25. The van der Waals surface area contributed by atoms with Crippen LogP contribution >= 0.6 is 0 Å². The van der Waals surface area contributed by atoms with Crippen LogP contribution in [-0.2, 0) is 0 Å². The van der Waals surface area contributed by atoms with E-state index < -0.39 is 0 Å². The van der Waals surface area contributed by atoms with Crippen molar-refractivity contribution >= 4 is 0 Å². The molecule has 0 spiro atoms. The van der Waals surface area contributed by atoms with Crippen molar-refractivity contribution in [3.63, 3.8) is 0 Å². The first-order chi connectivity index (χ1) is 7.17. The van der Waals surface area contributed by atoms with Gasteiger partial charge in [-0.15, -0.1) is 0 Å². The van der Waals surface area contributed by atoms with Crippen molar-refractivity contribution in [3.8, 4) is 0 Å². The van der Waals surface area contributed by atoms with Gasteiger partial charge in [0.2, 0.25) is 0 Å². The molecule has 0 aliphatic rings. The lowest BCUT2D eigenvalue weighted by Gasteiger charge is -2.20. The zero-order chi connectivity index (χ0) is 11.3. The van der Waals surface area contributed by atoms with Crippen LogP contribution in [0.2, 0.25) is 0 Å². The lowest BCUT2D eigenvalue weighted by atomic mass is 9.94. The van der Waals surface area contributed by atoms with Gasteiger partial charge in [-0.2, -0.15) is 0 Å². The second-order valence-electron chi connectivity index (χ2n) is 4.38. The van der Waals surface area contributed by atoms with Crippen LogP contribution in [0.5, 0.6) is 0 Å². The Kier molecular flexibility index (Phi) is 4.79. The van der Waals surface area contributed by atoms with Crippen LogP contribution in [0.25, 0.3) is 0 Å². The van der Waals surface area contributed by atoms with Gasteiger partial charge in [-0.3, -0.25) is 11.3 Å². The third-order valence-corrected chi connectivity index (χ3v) is 2.98. The van der Waals surface area contributed by atoms with Crippen LogP contribution in [0, 0.1) is 12.8 Å². The normalized spacial score (nSPS) is 14.9. The minimum absolute atomic E-state index is 0.278. The predicted octanol–water partition coefficient (Wildman–Crippen LogP) is 2.94. The molecule has 0 heterocycles. The summed E-state index contributed by atoms with van der Waals surface area (Å²) in [6.45, 7) is 6.59. The molecule has 0 aliphatic heterocycles. The van der Waals surface area contributed by atoms with Gasteiger partial charge in [-0.05, 0) is 24.8 Å². The van der Waals surface area contributed by atoms with Crippen molar-refractivity contribution in [1.82, 2.24) is 5.43 Å². The maximum absolute atomic E-state index is 5.61. The fourth-order valence-corrected chi connectivity index (χ4v) is 1.76. The zero-order valence-corrected chi connectivity index (χ0v) is 9.96. The van der Waals surface area contributed by atoms with E-state index in [1.165, 1.54) is 17.5 Å². The Morgan fingerprint density at radius 3 is 2.67 bits per heavy atom. The van der Waals surface area contributed by atoms with Crippen molar-refractivity contribution in [3.05, 3.63) is 35.4 Å². The Morgan fingerprint density at radius 1 is 1.40 bits per heavy atom. The summed E-state index contributed by atoms with van der Waals surface area (Å²) >= 11 is 0. The molecule has 0 bridgehead atoms. The van der Waals surface area contributed by atoms with E-state index in [9.17, 15) is 0 Å². The van der Waals surface area contributed by atoms with Gasteiger partial charge in [-0.25, -0.2) is 0 Å². The molecule has 1 aromatic carbocycles. The van der Waals surface area contributed by atoms with Gasteiger partial charge < -0.3 is 0 Å². The molecule has 84 valence electrons. The predicted molar refractivity (Wildman–Crippen MR) is 65.3 cm³/mol. The first-order valence-corrected chi connectivity index (χ1v) is 5.70. The highest BCUT2D eigenvalue weighted by molar-refractivity contribution is 5.24. The largest absolute Gasteiger partial charge is 0.271 e. The van der Waals surface area contributed by atoms with Crippen LogP contribution in [0.3, 0.4) is 0 Å². The van der Waals surface area contributed by atoms with Gasteiger partial charge in [-0.1, -0.05) is 50.1 Å². The third-order valence-electron chi connectivity index (χ3n) is 2.98. The van der Waals surface area contributed by atoms with Crippen LogP contribution < -0.4 is 11.3 Å². The molecule has 1 rings (SSSR count). The van der Waals surface area contributed by atoms with Gasteiger partial charge >= 0.3 is 0 Å². The molecule has 0 amide bonds. The maximum Gasteiger partial charge on any atom is 0.0462 e. The summed E-state index contributed by atoms with van der Waals surface area (Å²) in [5, 5.41) is 0. The molecule has 0 saturated heterocycles. The van der Waals surface area contributed by atoms with E-state index in [2.05, 4.69) is 50.5 Å². The second-order valence-corrected chi connectivity index (χ2v) is 4.38. The van der Waals surface area contributed by atoms with E-state index in [1.54, 1.807) is 0 Å². The van der Waals surface area contributed by atoms with Gasteiger partial charge in [0.15, 0.2) is 0 Å². The highest BCUT2D eigenvalue weighted by atomic mass is 15.2. The number of hydrazine groups is 1. The number of rotatable bonds is 5. The fraction of sp³-hybridized carbons (Fsp3) is 0.538. The molecule has 2 heteroatoms. The number of aryl methyl sites for hydroxylation is 1. The maximum atomic E-state index is 5.61. The van der Waals surface area contributed by atoms with Crippen molar-refractivity contribution in [1.29, 1.82) is 0 Å². The molecule has 1 aromatic rings. The molecule has 3 N–H and O–H groups in total. The molecule has 2 unspecified atom stereocenters. The minimum Gasteiger partial charge on any atom is -0.271 e. The lowest BCUT2D eigenvalue weighted by molar-refractivity contribution is 0.407. The van der Waals surface area contributed by atoms with Gasteiger partial charge in [0.05, 0.1) is 0 Å². The highest BCUT2D eigenvalue weighted by Crippen LogP contribution is 2.22. The van der Waals surface area contributed by atoms with Crippen LogP contribution in [0.15, 0.2) is 24.3 Å². The first kappa shape index (κ1) is 12.2. The zero-order valence-electron chi connectivity index (χ0n) is 9.96. The SMILES string of the molecule is CCC(C)CC(NN)c1cccc(C)c1. The molecular formula is C13H22N2. The van der Waals surface area contributed by atoms with Gasteiger partial charge in [0, 0.05) is 6.04 Å². The number of hydrogen-bond acceptors (Lipinski definition) is 2. The van der Waals surface area contributed by atoms with Gasteiger partial charge in [0.1, 0.15) is 0 Å². The van der Waals surface area contributed by atoms with Crippen LogP contribution in [0.1, 0.15) is 43.9 Å². The number of nitrogens with two attached hydrogens (primary N) is 1. The molecule has 2 nitrogen and oxygen atoms in total. The lowest BCUT2D eigenvalue weighted by Crippen LogP contribution is -2.29. The molecule has 0 aromatic heterocycles. The topological polar surface area (TPSA) is 38.0 Å². The average molecular weight is 206 g/mol. The number of nitrogens with one attached hydrogen (secondary N) is 1. The van der Waals surface area contributed by atoms with Gasteiger partial charge in [0.25, 0.3) is 0 Å². The minimum atomic E-state index is 0.278. The summed E-state index contributed by atoms with van der Waals surface area (Å²) in [4.78, 5) is 0. The molecule has 0 fully saturated rings. The van der Waals surface area contributed by atoms with Crippen molar-refractivity contribution < 1.29 is 0 Å². The summed E-state index contributed by atoms with van der Waals surface area (Å²) < 4.78 is 0. The highest BCUT2D eigenvalue weighted by Gasteiger charge is 2.12. The summed E-state index contributed by atoms with van der Waals surface area (Å²) in [5.74, 6) is 6.31. The van der Waals surface area contributed by atoms with E-state index >= 15 is 0 Å². The molecule has 0 radical (unpaired) electrons. The van der Waals surface area contributed by atoms with Crippen LogP contribution in [0.4, 0.5) is 0 Å². The summed E-state index contributed by atoms with van der Waals surface area (Å²) in [6, 6.07) is 8.82. The molecule has 0 saturated carbocycles. The van der Waals surface area contributed by atoms with E-state index in [0.29, 0.717) is 5.92 Å². The Bertz CT molecular complexity index is 296. The quantitative estimate of drug-likeness (QED) is 0.574. The number of hydrogen-bond donors (Lipinski definition) is 2. The van der Waals surface area contributed by atoms with Crippen molar-refractivity contribution in [2.24, 2.45) is 11.8 Å². The Balaban J connectivity index is 2.73. The summed E-state index contributed by atoms with van der Waals surface area (Å²) in [6.07, 6.45) is 2.29. The smallest absolute Gasteiger partial charge is 0.0462 e. The Labute approximate surface area is 92.8 Å². The standard InChI is InChI=1S/C13H22N2/c1-4-10(2)9-13(15-14)12-7-5-6-11(3)8-12/h5-8,10,13,15H,4,9,14H2,1-3H3. The first-order valence-electron chi connectivity index (χ1n) is 5.70. The number of benzene rings is 1. The summed E-state index contributed by atoms with van der Waals surface area (Å²) in [7, 11) is 0. The van der Waals surface area contributed by atoms with E-state index in [-0.39, 0.29) is 6.04 Å². The Hall–Kier alpha value is -0.860. The van der Waals surface area contributed by atoms with E-state index in [0.717, 1.165) is 6.42 Å². The fourth-order valence-electron chi connectivity index (χ4n) is 1.76. The van der Waals surface area contributed by atoms with Crippen molar-refractivity contribution in [2.45, 2.75) is 39.7 Å². The summed E-state index contributed by atoms with van der Waals surface area (Å²) in [5.41, 5.74) is 5.49. The molecule has 2 atom stereocenters. The monoisotopic (exact) mass is 206 g/mol. The Morgan fingerprint density at radius 2 is 2.13 bits per heavy atom. The third kappa shape index (κ3) is 3.65. The van der Waals surface area contributed by atoms with Crippen molar-refractivity contribution in [2.75, 3.05) is 0 Å². The van der Waals surface area contributed by atoms with Crippen LogP contribution in [-0.4, -0.2) is 0 Å². The second kappa shape index (κ2) is 5.89. The van der Waals surface area contributed by atoms with E-state index in [4.69, 9.17) is 5.84 Å². The molecular weight excluding hydrogens is 184 g/mol.